The predicted octanol–water partition coefficient (Wildman–Crippen LogP) is 4.25. The molecule has 0 bridgehead atoms. The molecule has 1 N–H and O–H groups in total. The Morgan fingerprint density at radius 2 is 1.86 bits per heavy atom. The summed E-state index contributed by atoms with van der Waals surface area (Å²) in [6.45, 7) is 10.9. The summed E-state index contributed by atoms with van der Waals surface area (Å²) in [6, 6.07) is 10.7. The Hall–Kier alpha value is -3.22. The molecule has 152 valence electrons. The average Bonchev–Trinajstić information content (AvgIpc) is 3.11. The molecular formula is C22H27N5O2. The summed E-state index contributed by atoms with van der Waals surface area (Å²) < 4.78 is 7.29. The topological polar surface area (TPSA) is 81.9 Å². The lowest BCUT2D eigenvalue weighted by Crippen LogP contribution is -2.16. The molecular weight excluding hydrogens is 366 g/mol. The van der Waals surface area contributed by atoms with Crippen LogP contribution in [0.2, 0.25) is 0 Å². The fourth-order valence-electron chi connectivity index (χ4n) is 2.57. The zero-order valence-corrected chi connectivity index (χ0v) is 17.5. The molecule has 1 amide bonds. The van der Waals surface area contributed by atoms with Crippen LogP contribution in [0.25, 0.3) is 5.95 Å². The van der Waals surface area contributed by atoms with Gasteiger partial charge in [0.25, 0.3) is 11.9 Å². The van der Waals surface area contributed by atoms with Crippen molar-refractivity contribution in [1.29, 1.82) is 0 Å². The first-order valence-corrected chi connectivity index (χ1v) is 9.66. The van der Waals surface area contributed by atoms with Crippen molar-refractivity contribution in [3.8, 4) is 11.7 Å². The van der Waals surface area contributed by atoms with E-state index in [1.54, 1.807) is 35.3 Å². The molecule has 0 radical (unpaired) electrons. The molecule has 0 aliphatic heterocycles. The number of aromatic nitrogens is 4. The van der Waals surface area contributed by atoms with Crippen molar-refractivity contribution < 1.29 is 9.53 Å². The molecule has 0 spiro atoms. The van der Waals surface area contributed by atoms with E-state index < -0.39 is 0 Å². The number of rotatable bonds is 6. The second-order valence-electron chi connectivity index (χ2n) is 8.31. The van der Waals surface area contributed by atoms with Crippen LogP contribution in [0, 0.1) is 5.92 Å². The summed E-state index contributed by atoms with van der Waals surface area (Å²) >= 11 is 0. The SMILES string of the molecule is CC(C)COc1cccc(C(=O)Nc2cc(C(C)(C)C)nn2-c2ncccn2)c1. The number of amides is 1. The largest absolute Gasteiger partial charge is 0.493 e. The third-order valence-corrected chi connectivity index (χ3v) is 4.14. The van der Waals surface area contributed by atoms with Gasteiger partial charge in [0.1, 0.15) is 11.6 Å². The summed E-state index contributed by atoms with van der Waals surface area (Å²) in [6.07, 6.45) is 3.28. The zero-order valence-electron chi connectivity index (χ0n) is 17.5. The van der Waals surface area contributed by atoms with Crippen LogP contribution < -0.4 is 10.1 Å². The molecule has 0 fully saturated rings. The van der Waals surface area contributed by atoms with Crippen molar-refractivity contribution in [2.45, 2.75) is 40.0 Å². The molecule has 0 saturated carbocycles. The highest BCUT2D eigenvalue weighted by Gasteiger charge is 2.22. The van der Waals surface area contributed by atoms with Crippen LogP contribution in [0.4, 0.5) is 5.82 Å². The number of nitrogens with one attached hydrogen (secondary N) is 1. The van der Waals surface area contributed by atoms with Crippen molar-refractivity contribution in [2.24, 2.45) is 5.92 Å². The Morgan fingerprint density at radius 1 is 1.14 bits per heavy atom. The molecule has 3 rings (SSSR count). The van der Waals surface area contributed by atoms with Crippen molar-refractivity contribution in [3.05, 3.63) is 60.0 Å². The van der Waals surface area contributed by atoms with Crippen LogP contribution in [-0.4, -0.2) is 32.3 Å². The Kier molecular flexibility index (Phi) is 5.96. The third kappa shape index (κ3) is 5.19. The monoisotopic (exact) mass is 393 g/mol. The molecule has 29 heavy (non-hydrogen) atoms. The van der Waals surface area contributed by atoms with Gasteiger partial charge in [-0.2, -0.15) is 9.78 Å². The van der Waals surface area contributed by atoms with Crippen LogP contribution in [0.1, 0.15) is 50.7 Å². The lowest BCUT2D eigenvalue weighted by molar-refractivity contribution is 0.102. The lowest BCUT2D eigenvalue weighted by Gasteiger charge is -2.13. The first-order chi connectivity index (χ1) is 13.7. The Bertz CT molecular complexity index is 974. The Balaban J connectivity index is 1.88. The van der Waals surface area contributed by atoms with Gasteiger partial charge in [-0.15, -0.1) is 0 Å². The van der Waals surface area contributed by atoms with Gasteiger partial charge in [0.15, 0.2) is 0 Å². The highest BCUT2D eigenvalue weighted by atomic mass is 16.5. The number of nitrogens with zero attached hydrogens (tertiary/aromatic N) is 4. The smallest absolute Gasteiger partial charge is 0.256 e. The Morgan fingerprint density at radius 3 is 2.52 bits per heavy atom. The van der Waals surface area contributed by atoms with E-state index in [4.69, 9.17) is 4.74 Å². The highest BCUT2D eigenvalue weighted by molar-refractivity contribution is 6.04. The van der Waals surface area contributed by atoms with E-state index in [1.165, 1.54) is 0 Å². The molecule has 0 saturated heterocycles. The molecule has 0 atom stereocenters. The average molecular weight is 393 g/mol. The van der Waals surface area contributed by atoms with Crippen LogP contribution in [0.3, 0.4) is 0 Å². The number of carbonyl (C=O) groups is 1. The van der Waals surface area contributed by atoms with Crippen LogP contribution in [-0.2, 0) is 5.41 Å². The van der Waals surface area contributed by atoms with Crippen molar-refractivity contribution in [2.75, 3.05) is 11.9 Å². The van der Waals surface area contributed by atoms with Gasteiger partial charge in [-0.05, 0) is 30.2 Å². The molecule has 0 aliphatic rings. The van der Waals surface area contributed by atoms with Crippen LogP contribution >= 0.6 is 0 Å². The number of anilines is 1. The minimum atomic E-state index is -0.252. The van der Waals surface area contributed by atoms with E-state index in [1.807, 2.05) is 18.2 Å². The van der Waals surface area contributed by atoms with E-state index in [2.05, 4.69) is 55.0 Å². The van der Waals surface area contributed by atoms with E-state index in [9.17, 15) is 4.79 Å². The molecule has 1 aromatic carbocycles. The van der Waals surface area contributed by atoms with Crippen LogP contribution in [0.5, 0.6) is 5.75 Å². The summed E-state index contributed by atoms with van der Waals surface area (Å²) in [7, 11) is 0. The number of hydrogen-bond acceptors (Lipinski definition) is 5. The molecule has 7 nitrogen and oxygen atoms in total. The van der Waals surface area contributed by atoms with Gasteiger partial charge in [-0.3, -0.25) is 4.79 Å². The maximum atomic E-state index is 12.9. The summed E-state index contributed by atoms with van der Waals surface area (Å²) in [5.41, 5.74) is 1.14. The van der Waals surface area contributed by atoms with Crippen molar-refractivity contribution in [3.63, 3.8) is 0 Å². The van der Waals surface area contributed by atoms with Gasteiger partial charge in [-0.25, -0.2) is 9.97 Å². The summed E-state index contributed by atoms with van der Waals surface area (Å²) in [5, 5.41) is 7.55. The third-order valence-electron chi connectivity index (χ3n) is 4.14. The first-order valence-electron chi connectivity index (χ1n) is 9.66. The molecule has 2 aromatic heterocycles. The Labute approximate surface area is 171 Å². The maximum Gasteiger partial charge on any atom is 0.256 e. The molecule has 3 aromatic rings. The first kappa shape index (κ1) is 20.5. The molecule has 0 aliphatic carbocycles. The zero-order chi connectivity index (χ0) is 21.0. The normalized spacial score (nSPS) is 11.5. The molecule has 0 unspecified atom stereocenters. The number of benzene rings is 1. The number of carbonyl (C=O) groups excluding carboxylic acids is 1. The number of hydrogen-bond donors (Lipinski definition) is 1. The minimum Gasteiger partial charge on any atom is -0.493 e. The van der Waals surface area contributed by atoms with E-state index in [0.29, 0.717) is 35.6 Å². The van der Waals surface area contributed by atoms with Crippen molar-refractivity contribution in [1.82, 2.24) is 19.7 Å². The van der Waals surface area contributed by atoms with Gasteiger partial charge in [0.2, 0.25) is 0 Å². The molecule has 2 heterocycles. The molecule has 7 heteroatoms. The second-order valence-corrected chi connectivity index (χ2v) is 8.31. The fraction of sp³-hybridized carbons (Fsp3) is 0.364. The van der Waals surface area contributed by atoms with E-state index in [0.717, 1.165) is 5.69 Å². The maximum absolute atomic E-state index is 12.9. The second kappa shape index (κ2) is 8.43. The predicted molar refractivity (Wildman–Crippen MR) is 113 cm³/mol. The fourth-order valence-corrected chi connectivity index (χ4v) is 2.57. The van der Waals surface area contributed by atoms with Gasteiger partial charge in [0, 0.05) is 29.4 Å². The van der Waals surface area contributed by atoms with Crippen molar-refractivity contribution >= 4 is 11.7 Å². The highest BCUT2D eigenvalue weighted by Crippen LogP contribution is 2.26. The number of ether oxygens (including phenoxy) is 1. The summed E-state index contributed by atoms with van der Waals surface area (Å²) in [4.78, 5) is 21.4. The van der Waals surface area contributed by atoms with E-state index >= 15 is 0 Å². The van der Waals surface area contributed by atoms with Gasteiger partial charge in [0.05, 0.1) is 12.3 Å². The standard InChI is InChI=1S/C22H27N5O2/c1-15(2)14-29-17-9-6-8-16(12-17)20(28)25-19-13-18(22(3,4)5)26-27(19)21-23-10-7-11-24-21/h6-13,15H,14H2,1-5H3,(H,25,28). The van der Waals surface area contributed by atoms with Crippen LogP contribution in [0.15, 0.2) is 48.8 Å². The van der Waals surface area contributed by atoms with Gasteiger partial charge < -0.3 is 10.1 Å². The minimum absolute atomic E-state index is 0.190. The van der Waals surface area contributed by atoms with Gasteiger partial charge >= 0.3 is 0 Å². The summed E-state index contributed by atoms with van der Waals surface area (Å²) in [5.74, 6) is 1.73. The lowest BCUT2D eigenvalue weighted by atomic mass is 9.92. The van der Waals surface area contributed by atoms with Gasteiger partial charge in [-0.1, -0.05) is 40.7 Å². The quantitative estimate of drug-likeness (QED) is 0.677. The van der Waals surface area contributed by atoms with E-state index in [-0.39, 0.29) is 11.3 Å².